The van der Waals surface area contributed by atoms with Gasteiger partial charge in [0.25, 0.3) is 6.47 Å². The summed E-state index contributed by atoms with van der Waals surface area (Å²) in [6.45, 7) is 22.1. The molecule has 0 saturated carbocycles. The molecule has 0 fully saturated rings. The molecule has 0 aliphatic heterocycles. The van der Waals surface area contributed by atoms with E-state index in [-0.39, 0.29) is 0 Å². The van der Waals surface area contributed by atoms with Crippen molar-refractivity contribution in [2.75, 3.05) is 79.3 Å². The van der Waals surface area contributed by atoms with E-state index in [9.17, 15) is 4.79 Å². The van der Waals surface area contributed by atoms with Crippen molar-refractivity contribution in [1.82, 2.24) is 0 Å². The predicted molar refractivity (Wildman–Crippen MR) is 158 cm³/mol. The van der Waals surface area contributed by atoms with Gasteiger partial charge in [-0.15, -0.1) is 6.58 Å². The zero-order valence-electron chi connectivity index (χ0n) is 24.7. The number of allylic oxidation sites excluding steroid dienone is 7. The zero-order chi connectivity index (χ0) is 29.2. The largest absolute Gasteiger partial charge is 0.491 e. The van der Waals surface area contributed by atoms with Gasteiger partial charge in [-0.3, -0.25) is 4.79 Å². The SMILES string of the molecule is C=C(C)/C(=C\C=C/C)OCCOCCOCCOCCOCCOCC.C=CC.O=COCC1=CCCC=C1. The highest BCUT2D eigenvalue weighted by atomic mass is 16.6. The van der Waals surface area contributed by atoms with E-state index in [0.717, 1.165) is 36.4 Å². The minimum absolute atomic E-state index is 0.417. The Morgan fingerprint density at radius 3 is 1.79 bits per heavy atom. The van der Waals surface area contributed by atoms with E-state index < -0.39 is 0 Å². The Morgan fingerprint density at radius 1 is 0.872 bits per heavy atom. The average Bonchev–Trinajstić information content (AvgIpc) is 2.94. The number of hydrogen-bond acceptors (Lipinski definition) is 8. The lowest BCUT2D eigenvalue weighted by Crippen LogP contribution is -2.14. The molecular formula is C31H52O8. The van der Waals surface area contributed by atoms with Gasteiger partial charge in [-0.25, -0.2) is 0 Å². The van der Waals surface area contributed by atoms with E-state index in [0.29, 0.717) is 79.1 Å². The second-order valence-electron chi connectivity index (χ2n) is 7.91. The summed E-state index contributed by atoms with van der Waals surface area (Å²) < 4.78 is 37.0. The molecule has 39 heavy (non-hydrogen) atoms. The van der Waals surface area contributed by atoms with E-state index in [1.807, 2.05) is 52.0 Å². The van der Waals surface area contributed by atoms with Crippen LogP contribution in [0.3, 0.4) is 0 Å². The van der Waals surface area contributed by atoms with Crippen LogP contribution in [0, 0.1) is 0 Å². The molecule has 8 heteroatoms. The minimum atomic E-state index is 0.417. The zero-order valence-corrected chi connectivity index (χ0v) is 24.7. The first-order valence-corrected chi connectivity index (χ1v) is 13.5. The van der Waals surface area contributed by atoms with E-state index in [4.69, 9.17) is 28.4 Å². The third-order valence-electron chi connectivity index (χ3n) is 4.43. The Kier molecular flexibility index (Phi) is 33.2. The molecule has 1 aliphatic rings. The molecular weight excluding hydrogens is 500 g/mol. The molecule has 0 spiro atoms. The first-order chi connectivity index (χ1) is 19.1. The fourth-order valence-electron chi connectivity index (χ4n) is 2.64. The summed E-state index contributed by atoms with van der Waals surface area (Å²) in [6, 6.07) is 0. The van der Waals surface area contributed by atoms with E-state index in [2.05, 4.69) is 30.0 Å². The first-order valence-electron chi connectivity index (χ1n) is 13.5. The van der Waals surface area contributed by atoms with Crippen LogP contribution in [0.1, 0.15) is 40.5 Å². The normalized spacial score (nSPS) is 12.5. The maximum Gasteiger partial charge on any atom is 0.293 e. The van der Waals surface area contributed by atoms with Crippen molar-refractivity contribution >= 4 is 6.47 Å². The minimum Gasteiger partial charge on any atom is -0.491 e. The van der Waals surface area contributed by atoms with Crippen LogP contribution in [0.4, 0.5) is 0 Å². The smallest absolute Gasteiger partial charge is 0.293 e. The Bertz CT molecular complexity index is 695. The van der Waals surface area contributed by atoms with E-state index in [1.54, 1.807) is 6.08 Å². The van der Waals surface area contributed by atoms with Crippen LogP contribution >= 0.6 is 0 Å². The topological polar surface area (TPSA) is 81.7 Å². The molecule has 0 N–H and O–H groups in total. The number of ether oxygens (including phenoxy) is 7. The molecule has 224 valence electrons. The molecule has 0 aromatic heterocycles. The Balaban J connectivity index is 0. The second kappa shape index (κ2) is 33.5. The van der Waals surface area contributed by atoms with Crippen molar-refractivity contribution in [1.29, 1.82) is 0 Å². The van der Waals surface area contributed by atoms with Gasteiger partial charge in [0, 0.05) is 6.61 Å². The molecule has 0 heterocycles. The highest BCUT2D eigenvalue weighted by Gasteiger charge is 1.99. The van der Waals surface area contributed by atoms with Crippen molar-refractivity contribution < 1.29 is 38.0 Å². The van der Waals surface area contributed by atoms with Gasteiger partial charge in [0.2, 0.25) is 0 Å². The highest BCUT2D eigenvalue weighted by molar-refractivity contribution is 5.38. The second-order valence-corrected chi connectivity index (χ2v) is 7.91. The van der Waals surface area contributed by atoms with E-state index >= 15 is 0 Å². The lowest BCUT2D eigenvalue weighted by molar-refractivity contribution is -0.127. The molecule has 0 aromatic rings. The van der Waals surface area contributed by atoms with Gasteiger partial charge in [0.05, 0.1) is 59.5 Å². The van der Waals surface area contributed by atoms with Crippen LogP contribution in [0.25, 0.3) is 0 Å². The number of rotatable bonds is 22. The summed E-state index contributed by atoms with van der Waals surface area (Å²) in [4.78, 5) is 9.77. The fraction of sp³-hybridized carbons (Fsp3) is 0.581. The van der Waals surface area contributed by atoms with Crippen molar-refractivity contribution in [3.8, 4) is 0 Å². The van der Waals surface area contributed by atoms with Gasteiger partial charge in [0.15, 0.2) is 0 Å². The number of hydrogen-bond donors (Lipinski definition) is 0. The molecule has 1 rings (SSSR count). The summed E-state index contributed by atoms with van der Waals surface area (Å²) in [7, 11) is 0. The quantitative estimate of drug-likeness (QED) is 0.0551. The van der Waals surface area contributed by atoms with Crippen molar-refractivity contribution in [3.63, 3.8) is 0 Å². The van der Waals surface area contributed by atoms with Crippen LogP contribution in [-0.4, -0.2) is 85.8 Å². The number of carbonyl (C=O) groups is 1. The average molecular weight is 553 g/mol. The molecule has 0 atom stereocenters. The van der Waals surface area contributed by atoms with Crippen LogP contribution < -0.4 is 0 Å². The maximum atomic E-state index is 9.77. The van der Waals surface area contributed by atoms with Gasteiger partial charge >= 0.3 is 0 Å². The molecule has 0 saturated heterocycles. The lowest BCUT2D eigenvalue weighted by Gasteiger charge is -2.10. The van der Waals surface area contributed by atoms with Gasteiger partial charge < -0.3 is 33.2 Å². The monoisotopic (exact) mass is 552 g/mol. The summed E-state index contributed by atoms with van der Waals surface area (Å²) in [5, 5.41) is 0. The summed E-state index contributed by atoms with van der Waals surface area (Å²) in [5.41, 5.74) is 1.99. The maximum absolute atomic E-state index is 9.77. The lowest BCUT2D eigenvalue weighted by atomic mass is 10.1. The molecule has 1 aliphatic carbocycles. The molecule has 0 radical (unpaired) electrons. The van der Waals surface area contributed by atoms with Gasteiger partial charge in [-0.2, -0.15) is 0 Å². The summed E-state index contributed by atoms with van der Waals surface area (Å²) in [5.74, 6) is 0.780. The molecule has 0 aromatic carbocycles. The third kappa shape index (κ3) is 31.6. The fourth-order valence-corrected chi connectivity index (χ4v) is 2.64. The third-order valence-corrected chi connectivity index (χ3v) is 4.43. The highest BCUT2D eigenvalue weighted by Crippen LogP contribution is 2.09. The molecule has 0 unspecified atom stereocenters. The Morgan fingerprint density at radius 2 is 1.38 bits per heavy atom. The van der Waals surface area contributed by atoms with Crippen molar-refractivity contribution in [3.05, 3.63) is 72.6 Å². The number of carbonyl (C=O) groups excluding carboxylic acids is 1. The van der Waals surface area contributed by atoms with Crippen molar-refractivity contribution in [2.24, 2.45) is 0 Å². The Hall–Kier alpha value is -2.49. The molecule has 0 amide bonds. The van der Waals surface area contributed by atoms with E-state index in [1.165, 1.54) is 0 Å². The first kappa shape index (κ1) is 38.7. The Labute approximate surface area is 237 Å². The summed E-state index contributed by atoms with van der Waals surface area (Å²) in [6.07, 6.45) is 15.8. The van der Waals surface area contributed by atoms with Crippen LogP contribution in [0.5, 0.6) is 0 Å². The van der Waals surface area contributed by atoms with Gasteiger partial charge in [0.1, 0.15) is 19.0 Å². The molecule has 0 bridgehead atoms. The van der Waals surface area contributed by atoms with Crippen LogP contribution in [0.2, 0.25) is 0 Å². The predicted octanol–water partition coefficient (Wildman–Crippen LogP) is 5.77. The van der Waals surface area contributed by atoms with Crippen LogP contribution in [0.15, 0.2) is 72.6 Å². The standard InChI is InChI=1S/C20H36O6.C8H10O2.C3H6/c1-5-7-8-20(19(3)4)26-18-17-25-16-15-24-14-13-23-12-11-22-10-9-21-6-2;9-7-10-6-8-4-2-1-3-5-8;1-3-2/h5,7-8H,3,6,9-18H2,1-2,4H3;2,4-5,7H,1,3,6H2;3H,1H2,2H3/b7-5-,20-8+;;. The van der Waals surface area contributed by atoms with Crippen molar-refractivity contribution in [2.45, 2.75) is 40.5 Å². The van der Waals surface area contributed by atoms with Gasteiger partial charge in [-0.05, 0) is 57.8 Å². The molecule has 8 nitrogen and oxygen atoms in total. The van der Waals surface area contributed by atoms with Crippen LogP contribution in [-0.2, 0) is 38.0 Å². The summed E-state index contributed by atoms with van der Waals surface area (Å²) >= 11 is 0. The van der Waals surface area contributed by atoms with Gasteiger partial charge in [-0.1, -0.05) is 43.0 Å².